The minimum absolute atomic E-state index is 0.135. The van der Waals surface area contributed by atoms with Gasteiger partial charge in [-0.25, -0.2) is 0 Å². The summed E-state index contributed by atoms with van der Waals surface area (Å²) in [5, 5.41) is 3.82. The minimum atomic E-state index is -0.385. The number of amides is 1. The SMILES string of the molecule is CN(C)[C@@H](C(=O)Nc1cc(Cl)cc(Cl)c1)c1ccccc1. The van der Waals surface area contributed by atoms with Crippen molar-refractivity contribution < 1.29 is 4.79 Å². The van der Waals surface area contributed by atoms with Crippen LogP contribution in [0, 0.1) is 0 Å². The van der Waals surface area contributed by atoms with Crippen molar-refractivity contribution >= 4 is 34.8 Å². The lowest BCUT2D eigenvalue weighted by atomic mass is 10.1. The zero-order valence-corrected chi connectivity index (χ0v) is 13.3. The van der Waals surface area contributed by atoms with Gasteiger partial charge in [-0.3, -0.25) is 9.69 Å². The monoisotopic (exact) mass is 322 g/mol. The molecule has 2 rings (SSSR count). The fourth-order valence-corrected chi connectivity index (χ4v) is 2.68. The summed E-state index contributed by atoms with van der Waals surface area (Å²) >= 11 is 11.9. The van der Waals surface area contributed by atoms with Crippen molar-refractivity contribution in [1.82, 2.24) is 4.90 Å². The highest BCUT2D eigenvalue weighted by molar-refractivity contribution is 6.35. The molecule has 0 spiro atoms. The van der Waals surface area contributed by atoms with E-state index in [9.17, 15) is 4.79 Å². The van der Waals surface area contributed by atoms with Crippen LogP contribution in [0.2, 0.25) is 10.0 Å². The first-order valence-corrected chi connectivity index (χ1v) is 7.21. The molecule has 0 saturated heterocycles. The van der Waals surface area contributed by atoms with Crippen LogP contribution >= 0.6 is 23.2 Å². The summed E-state index contributed by atoms with van der Waals surface area (Å²) in [6, 6.07) is 14.2. The first-order chi connectivity index (χ1) is 9.97. The molecule has 3 nitrogen and oxygen atoms in total. The largest absolute Gasteiger partial charge is 0.324 e. The number of likely N-dealkylation sites (N-methyl/N-ethyl adjacent to an activating group) is 1. The second-order valence-corrected chi connectivity index (χ2v) is 5.80. The summed E-state index contributed by atoms with van der Waals surface area (Å²) in [5.41, 5.74) is 1.51. The molecule has 0 aliphatic rings. The number of nitrogens with one attached hydrogen (secondary N) is 1. The van der Waals surface area contributed by atoms with E-state index < -0.39 is 0 Å². The predicted octanol–water partition coefficient (Wildman–Crippen LogP) is 4.23. The van der Waals surface area contributed by atoms with E-state index in [-0.39, 0.29) is 11.9 Å². The van der Waals surface area contributed by atoms with E-state index in [4.69, 9.17) is 23.2 Å². The summed E-state index contributed by atoms with van der Waals surface area (Å²) in [6.07, 6.45) is 0. The molecule has 1 N–H and O–H groups in total. The van der Waals surface area contributed by atoms with Crippen molar-refractivity contribution in [2.45, 2.75) is 6.04 Å². The van der Waals surface area contributed by atoms with Crippen LogP contribution in [-0.2, 0) is 4.79 Å². The van der Waals surface area contributed by atoms with E-state index in [1.165, 1.54) is 0 Å². The van der Waals surface area contributed by atoms with Gasteiger partial charge in [0.05, 0.1) is 0 Å². The van der Waals surface area contributed by atoms with Gasteiger partial charge in [-0.15, -0.1) is 0 Å². The van der Waals surface area contributed by atoms with Crippen molar-refractivity contribution in [2.75, 3.05) is 19.4 Å². The van der Waals surface area contributed by atoms with Crippen LogP contribution in [0.5, 0.6) is 0 Å². The summed E-state index contributed by atoms with van der Waals surface area (Å²) in [7, 11) is 3.73. The smallest absolute Gasteiger partial charge is 0.246 e. The molecule has 0 aliphatic carbocycles. The average molecular weight is 323 g/mol. The number of hydrogen-bond donors (Lipinski definition) is 1. The Hall–Kier alpha value is -1.55. The van der Waals surface area contributed by atoms with Crippen LogP contribution in [0.1, 0.15) is 11.6 Å². The number of anilines is 1. The number of carbonyl (C=O) groups excluding carboxylic acids is 1. The first-order valence-electron chi connectivity index (χ1n) is 6.45. The summed E-state index contributed by atoms with van der Waals surface area (Å²) in [5.74, 6) is -0.135. The molecule has 0 unspecified atom stereocenters. The normalized spacial score (nSPS) is 12.2. The molecule has 0 saturated carbocycles. The molecule has 0 aromatic heterocycles. The topological polar surface area (TPSA) is 32.3 Å². The maximum atomic E-state index is 12.5. The number of nitrogens with zero attached hydrogens (tertiary/aromatic N) is 1. The van der Waals surface area contributed by atoms with Gasteiger partial charge in [0, 0.05) is 15.7 Å². The van der Waals surface area contributed by atoms with Gasteiger partial charge in [-0.05, 0) is 37.9 Å². The van der Waals surface area contributed by atoms with E-state index in [2.05, 4.69) is 5.32 Å². The third-order valence-corrected chi connectivity index (χ3v) is 3.45. The molecule has 0 aliphatic heterocycles. The molecule has 5 heteroatoms. The van der Waals surface area contributed by atoms with E-state index in [0.29, 0.717) is 15.7 Å². The molecule has 21 heavy (non-hydrogen) atoms. The standard InChI is InChI=1S/C16H16Cl2N2O/c1-20(2)15(11-6-4-3-5-7-11)16(21)19-14-9-12(17)8-13(18)10-14/h3-10,15H,1-2H3,(H,19,21)/t15-/m1/s1. The van der Waals surface area contributed by atoms with Gasteiger partial charge < -0.3 is 5.32 Å². The van der Waals surface area contributed by atoms with Crippen LogP contribution in [0.25, 0.3) is 0 Å². The van der Waals surface area contributed by atoms with E-state index in [1.807, 2.05) is 49.3 Å². The molecule has 1 atom stereocenters. The number of benzene rings is 2. The molecule has 0 bridgehead atoms. The minimum Gasteiger partial charge on any atom is -0.324 e. The summed E-state index contributed by atoms with van der Waals surface area (Å²) in [6.45, 7) is 0. The van der Waals surface area contributed by atoms with Gasteiger partial charge in [0.15, 0.2) is 0 Å². The highest BCUT2D eigenvalue weighted by Crippen LogP contribution is 2.25. The van der Waals surface area contributed by atoms with Crippen molar-refractivity contribution in [3.63, 3.8) is 0 Å². The third-order valence-electron chi connectivity index (χ3n) is 3.01. The lowest BCUT2D eigenvalue weighted by molar-refractivity contribution is -0.120. The molecule has 110 valence electrons. The zero-order valence-electron chi connectivity index (χ0n) is 11.8. The van der Waals surface area contributed by atoms with Crippen LogP contribution < -0.4 is 5.32 Å². The maximum absolute atomic E-state index is 12.5. The van der Waals surface area contributed by atoms with Gasteiger partial charge in [0.25, 0.3) is 0 Å². The molecule has 1 amide bonds. The van der Waals surface area contributed by atoms with Gasteiger partial charge in [-0.1, -0.05) is 53.5 Å². The lowest BCUT2D eigenvalue weighted by Gasteiger charge is -2.24. The summed E-state index contributed by atoms with van der Waals surface area (Å²) < 4.78 is 0. The molecular weight excluding hydrogens is 307 g/mol. The lowest BCUT2D eigenvalue weighted by Crippen LogP contribution is -2.32. The Balaban J connectivity index is 2.24. The zero-order chi connectivity index (χ0) is 15.4. The highest BCUT2D eigenvalue weighted by atomic mass is 35.5. The Morgan fingerprint density at radius 1 is 1.05 bits per heavy atom. The quantitative estimate of drug-likeness (QED) is 0.913. The van der Waals surface area contributed by atoms with E-state index in [0.717, 1.165) is 5.56 Å². The van der Waals surface area contributed by atoms with Gasteiger partial charge in [0.1, 0.15) is 6.04 Å². The fraction of sp³-hybridized carbons (Fsp3) is 0.188. The van der Waals surface area contributed by atoms with Crippen LogP contribution in [0.15, 0.2) is 48.5 Å². The first kappa shape index (κ1) is 15.8. The van der Waals surface area contributed by atoms with Crippen molar-refractivity contribution in [3.8, 4) is 0 Å². The Kier molecular flexibility index (Phi) is 5.23. The second-order valence-electron chi connectivity index (χ2n) is 4.92. The Labute approximate surface area is 134 Å². The Bertz CT molecular complexity index is 609. The number of hydrogen-bond acceptors (Lipinski definition) is 2. The number of carbonyl (C=O) groups is 1. The van der Waals surface area contributed by atoms with Crippen LogP contribution in [0.4, 0.5) is 5.69 Å². The van der Waals surface area contributed by atoms with Crippen LogP contribution in [-0.4, -0.2) is 24.9 Å². The summed E-state index contributed by atoms with van der Waals surface area (Å²) in [4.78, 5) is 14.4. The molecule has 0 heterocycles. The Morgan fingerprint density at radius 3 is 2.14 bits per heavy atom. The van der Waals surface area contributed by atoms with Gasteiger partial charge in [0.2, 0.25) is 5.91 Å². The van der Waals surface area contributed by atoms with Crippen molar-refractivity contribution in [3.05, 3.63) is 64.1 Å². The number of halogens is 2. The third kappa shape index (κ3) is 4.21. The molecule has 0 radical (unpaired) electrons. The van der Waals surface area contributed by atoms with Crippen molar-refractivity contribution in [1.29, 1.82) is 0 Å². The van der Waals surface area contributed by atoms with Crippen molar-refractivity contribution in [2.24, 2.45) is 0 Å². The molecule has 0 fully saturated rings. The molecule has 2 aromatic rings. The maximum Gasteiger partial charge on any atom is 0.246 e. The predicted molar refractivity (Wildman–Crippen MR) is 88.0 cm³/mol. The Morgan fingerprint density at radius 2 is 1.62 bits per heavy atom. The highest BCUT2D eigenvalue weighted by Gasteiger charge is 2.22. The second kappa shape index (κ2) is 6.94. The van der Waals surface area contributed by atoms with Gasteiger partial charge in [-0.2, -0.15) is 0 Å². The van der Waals surface area contributed by atoms with Gasteiger partial charge >= 0.3 is 0 Å². The average Bonchev–Trinajstić information content (AvgIpc) is 2.38. The molecular formula is C16H16Cl2N2O. The van der Waals surface area contributed by atoms with E-state index in [1.54, 1.807) is 18.2 Å². The molecule has 2 aromatic carbocycles. The van der Waals surface area contributed by atoms with E-state index >= 15 is 0 Å². The number of rotatable bonds is 4. The van der Waals surface area contributed by atoms with Crippen LogP contribution in [0.3, 0.4) is 0 Å². The fourth-order valence-electron chi connectivity index (χ4n) is 2.16.